The van der Waals surface area contributed by atoms with Crippen molar-refractivity contribution < 1.29 is 19.0 Å². The number of aromatic nitrogens is 1. The van der Waals surface area contributed by atoms with Crippen LogP contribution < -0.4 is 24.4 Å². The molecule has 0 saturated carbocycles. The predicted octanol–water partition coefficient (Wildman–Crippen LogP) is 5.99. The van der Waals surface area contributed by atoms with E-state index in [0.29, 0.717) is 37.1 Å². The van der Waals surface area contributed by atoms with Crippen molar-refractivity contribution in [3.8, 4) is 11.5 Å². The van der Waals surface area contributed by atoms with Gasteiger partial charge in [0.25, 0.3) is 5.56 Å². The molecule has 0 radical (unpaired) electrons. The Bertz CT molecular complexity index is 1850. The van der Waals surface area contributed by atoms with Crippen LogP contribution in [0.1, 0.15) is 43.5 Å². The van der Waals surface area contributed by atoms with Crippen LogP contribution in [0.3, 0.4) is 0 Å². The number of esters is 1. The van der Waals surface area contributed by atoms with Gasteiger partial charge < -0.3 is 14.2 Å². The van der Waals surface area contributed by atoms with Crippen LogP contribution in [0.2, 0.25) is 5.02 Å². The summed E-state index contributed by atoms with van der Waals surface area (Å²) in [5.74, 6) is 0.694. The Morgan fingerprint density at radius 2 is 1.86 bits per heavy atom. The number of carbonyl (C=O) groups is 1. The minimum atomic E-state index is -0.772. The lowest BCUT2D eigenvalue weighted by atomic mass is 9.93. The number of halogens is 2. The molecule has 0 fully saturated rings. The van der Waals surface area contributed by atoms with Crippen LogP contribution in [0.25, 0.3) is 11.8 Å². The third-order valence-corrected chi connectivity index (χ3v) is 8.50. The lowest BCUT2D eigenvalue weighted by Gasteiger charge is -2.25. The van der Waals surface area contributed by atoms with Crippen molar-refractivity contribution in [2.45, 2.75) is 32.9 Å². The molecule has 0 unspecified atom stereocenters. The van der Waals surface area contributed by atoms with Gasteiger partial charge in [-0.2, -0.15) is 0 Å². The smallest absolute Gasteiger partial charge is 0.338 e. The summed E-state index contributed by atoms with van der Waals surface area (Å²) in [5, 5.41) is 0.546. The minimum Gasteiger partial charge on any atom is -0.493 e. The summed E-state index contributed by atoms with van der Waals surface area (Å²) in [6, 6.07) is 19.6. The average Bonchev–Trinajstić information content (AvgIpc) is 3.28. The molecule has 3 aromatic carbocycles. The van der Waals surface area contributed by atoms with Gasteiger partial charge in [0.15, 0.2) is 16.3 Å². The van der Waals surface area contributed by atoms with Crippen LogP contribution in [0.4, 0.5) is 0 Å². The van der Waals surface area contributed by atoms with Crippen LogP contribution in [-0.4, -0.2) is 30.4 Å². The normalized spacial score (nSPS) is 14.9. The van der Waals surface area contributed by atoms with Crippen molar-refractivity contribution in [3.05, 3.63) is 117 Å². The molecule has 1 atom stereocenters. The maximum atomic E-state index is 14.1. The molecule has 4 aromatic rings. The summed E-state index contributed by atoms with van der Waals surface area (Å²) in [4.78, 5) is 33.0. The van der Waals surface area contributed by atoms with Gasteiger partial charge in [0.2, 0.25) is 0 Å². The van der Waals surface area contributed by atoms with Gasteiger partial charge in [-0.05, 0) is 84.8 Å². The molecule has 0 amide bonds. The fourth-order valence-corrected chi connectivity index (χ4v) is 6.60. The van der Waals surface area contributed by atoms with Crippen molar-refractivity contribution in [2.75, 3.05) is 13.7 Å². The molecule has 0 bridgehead atoms. The molecule has 1 aromatic heterocycles. The number of hydrogen-bond donors (Lipinski definition) is 0. The molecular weight excluding hydrogens is 687 g/mol. The van der Waals surface area contributed by atoms with E-state index in [1.54, 1.807) is 30.7 Å². The van der Waals surface area contributed by atoms with Gasteiger partial charge in [-0.25, -0.2) is 9.79 Å². The van der Waals surface area contributed by atoms with Crippen LogP contribution in [-0.2, 0) is 9.53 Å². The summed E-state index contributed by atoms with van der Waals surface area (Å²) in [7, 11) is 1.59. The highest BCUT2D eigenvalue weighted by atomic mass is 127. The van der Waals surface area contributed by atoms with E-state index in [-0.39, 0.29) is 23.8 Å². The van der Waals surface area contributed by atoms with Gasteiger partial charge in [0.05, 0.1) is 45.2 Å². The van der Waals surface area contributed by atoms with Gasteiger partial charge in [-0.3, -0.25) is 9.36 Å². The molecule has 2 heterocycles. The van der Waals surface area contributed by atoms with Gasteiger partial charge in [-0.1, -0.05) is 65.4 Å². The average molecular weight is 715 g/mol. The zero-order chi connectivity index (χ0) is 30.0. The highest BCUT2D eigenvalue weighted by Crippen LogP contribution is 2.36. The summed E-state index contributed by atoms with van der Waals surface area (Å²) in [6.07, 6.45) is 1.78. The molecular formula is C32H28ClIN2O5S. The Morgan fingerprint density at radius 1 is 1.14 bits per heavy atom. The fraction of sp³-hybridized carbons (Fsp3) is 0.219. The number of carbonyl (C=O) groups excluding carboxylic acids is 1. The Labute approximate surface area is 265 Å². The second-order valence-electron chi connectivity index (χ2n) is 9.68. The predicted molar refractivity (Wildman–Crippen MR) is 174 cm³/mol. The molecule has 216 valence electrons. The first-order valence-corrected chi connectivity index (χ1v) is 15.6. The van der Waals surface area contributed by atoms with Crippen LogP contribution >= 0.6 is 45.5 Å². The molecule has 10 heteroatoms. The Morgan fingerprint density at radius 3 is 2.50 bits per heavy atom. The van der Waals surface area contributed by atoms with Crippen LogP contribution in [0.15, 0.2) is 82.1 Å². The topological polar surface area (TPSA) is 79.1 Å². The molecule has 0 aliphatic carbocycles. The first kappa shape index (κ1) is 30.1. The van der Waals surface area contributed by atoms with E-state index in [2.05, 4.69) is 22.6 Å². The number of methoxy groups -OCH3 is 1. The first-order chi connectivity index (χ1) is 20.2. The number of fused-ring (bicyclic) bond motifs is 1. The number of hydrogen-bond acceptors (Lipinski definition) is 7. The standard InChI is InChI=1S/C32H28ClIN2O5S/c1-5-40-31(38)26-27(20-9-7-6-8-10-20)35-32-36(28(26)21-11-13-22(33)14-12-21)30(37)25(42-32)17-19-15-23(34)29(41-18(2)3)24(16-19)39-4/h6-18,28H,5H2,1-4H3/b25-17-/t28-/m1/s1. The van der Waals surface area contributed by atoms with Crippen LogP contribution in [0, 0.1) is 3.57 Å². The number of thiazole rings is 1. The van der Waals surface area contributed by atoms with Gasteiger partial charge >= 0.3 is 5.97 Å². The summed E-state index contributed by atoms with van der Waals surface area (Å²) in [6.45, 7) is 5.84. The highest BCUT2D eigenvalue weighted by Gasteiger charge is 2.35. The fourth-order valence-electron chi connectivity index (χ4n) is 4.73. The molecule has 7 nitrogen and oxygen atoms in total. The summed E-state index contributed by atoms with van der Waals surface area (Å²) >= 11 is 9.68. The molecule has 42 heavy (non-hydrogen) atoms. The summed E-state index contributed by atoms with van der Waals surface area (Å²) < 4.78 is 20.0. The Balaban J connectivity index is 1.77. The molecule has 0 spiro atoms. The molecule has 0 saturated heterocycles. The van der Waals surface area contributed by atoms with Crippen molar-refractivity contribution in [1.82, 2.24) is 4.57 Å². The number of benzene rings is 3. The largest absolute Gasteiger partial charge is 0.493 e. The van der Waals surface area contributed by atoms with E-state index in [0.717, 1.165) is 14.7 Å². The van der Waals surface area contributed by atoms with E-state index in [1.165, 1.54) is 11.3 Å². The molecule has 5 rings (SSSR count). The van der Waals surface area contributed by atoms with Crippen LogP contribution in [0.5, 0.6) is 11.5 Å². The lowest BCUT2D eigenvalue weighted by Crippen LogP contribution is -2.40. The maximum Gasteiger partial charge on any atom is 0.338 e. The molecule has 1 aliphatic rings. The monoisotopic (exact) mass is 714 g/mol. The SMILES string of the molecule is CCOC(=O)C1=C(c2ccccc2)N=c2s/c(=C\c3cc(I)c(OC(C)C)c(OC)c3)c(=O)n2[C@@H]1c1ccc(Cl)cc1. The zero-order valence-corrected chi connectivity index (χ0v) is 27.1. The Kier molecular flexibility index (Phi) is 9.19. The van der Waals surface area contributed by atoms with E-state index in [4.69, 9.17) is 30.8 Å². The zero-order valence-electron chi connectivity index (χ0n) is 23.4. The summed E-state index contributed by atoms with van der Waals surface area (Å²) in [5.41, 5.74) is 2.71. The van der Waals surface area contributed by atoms with E-state index >= 15 is 0 Å². The minimum absolute atomic E-state index is 0.0257. The number of rotatable bonds is 8. The van der Waals surface area contributed by atoms with Crippen molar-refractivity contribution in [1.29, 1.82) is 0 Å². The first-order valence-electron chi connectivity index (χ1n) is 13.3. The lowest BCUT2D eigenvalue weighted by molar-refractivity contribution is -0.138. The Hall–Kier alpha value is -3.41. The maximum absolute atomic E-state index is 14.1. The van der Waals surface area contributed by atoms with Gasteiger partial charge in [0, 0.05) is 10.6 Å². The molecule has 0 N–H and O–H groups in total. The third kappa shape index (κ3) is 6.04. The van der Waals surface area contributed by atoms with Crippen molar-refractivity contribution in [3.63, 3.8) is 0 Å². The van der Waals surface area contributed by atoms with Gasteiger partial charge in [0.1, 0.15) is 0 Å². The molecule has 1 aliphatic heterocycles. The van der Waals surface area contributed by atoms with E-state index in [1.807, 2.05) is 74.5 Å². The second kappa shape index (κ2) is 12.8. The van der Waals surface area contributed by atoms with Gasteiger partial charge in [-0.15, -0.1) is 0 Å². The van der Waals surface area contributed by atoms with E-state index in [9.17, 15) is 9.59 Å². The van der Waals surface area contributed by atoms with Crippen molar-refractivity contribution >= 4 is 63.3 Å². The number of nitrogens with zero attached hydrogens (tertiary/aromatic N) is 2. The third-order valence-electron chi connectivity index (χ3n) is 6.46. The second-order valence-corrected chi connectivity index (χ2v) is 12.3. The van der Waals surface area contributed by atoms with Crippen molar-refractivity contribution in [2.24, 2.45) is 4.99 Å². The number of ether oxygens (including phenoxy) is 3. The van der Waals surface area contributed by atoms with E-state index < -0.39 is 12.0 Å². The highest BCUT2D eigenvalue weighted by molar-refractivity contribution is 14.1. The quantitative estimate of drug-likeness (QED) is 0.166.